The fourth-order valence-electron chi connectivity index (χ4n) is 1.45. The molecule has 0 nitrogen and oxygen atoms in total. The van der Waals surface area contributed by atoms with Gasteiger partial charge in [-0.15, -0.1) is 0 Å². The first-order valence-electron chi connectivity index (χ1n) is 5.11. The zero-order valence-corrected chi connectivity index (χ0v) is 11.6. The smallest absolute Gasteiger partial charge is 0.0130 e. The second kappa shape index (κ2) is 6.72. The Bertz CT molecular complexity index is 252. The quantitative estimate of drug-likeness (QED) is 0.611. The molecule has 0 spiro atoms. The first-order chi connectivity index (χ1) is 6.76. The maximum Gasteiger partial charge on any atom is 0.0130 e. The van der Waals surface area contributed by atoms with E-state index in [2.05, 4.69) is 66.4 Å². The molecular weight excluding hydrogens is 303 g/mol. The van der Waals surface area contributed by atoms with Crippen LogP contribution >= 0.6 is 35.2 Å². The van der Waals surface area contributed by atoms with Gasteiger partial charge in [-0.25, -0.2) is 0 Å². The molecule has 0 amide bonds. The van der Waals surface area contributed by atoms with Gasteiger partial charge >= 0.3 is 0 Å². The molecule has 0 saturated heterocycles. The van der Waals surface area contributed by atoms with Crippen molar-refractivity contribution in [1.29, 1.82) is 0 Å². The summed E-state index contributed by atoms with van der Waals surface area (Å²) in [6.07, 6.45) is 3.70. The molecule has 1 atom stereocenters. The number of benzene rings is 1. The van der Waals surface area contributed by atoms with Crippen LogP contribution in [-0.4, -0.2) is 5.75 Å². The molecule has 2 heteroatoms. The summed E-state index contributed by atoms with van der Waals surface area (Å²) in [6, 6.07) is 8.81. The Morgan fingerprint density at radius 3 is 2.43 bits per heavy atom. The Hall–Kier alpha value is 0.300. The lowest BCUT2D eigenvalue weighted by Crippen LogP contribution is -2.02. The molecule has 1 unspecified atom stereocenters. The Kier molecular flexibility index (Phi) is 5.94. The highest BCUT2D eigenvalue weighted by atomic mass is 127. The van der Waals surface area contributed by atoms with Crippen LogP contribution in [0, 0.1) is 9.49 Å². The summed E-state index contributed by atoms with van der Waals surface area (Å²) in [4.78, 5) is 0. The summed E-state index contributed by atoms with van der Waals surface area (Å²) in [6.45, 7) is 2.24. The molecular formula is C12H17IS. The van der Waals surface area contributed by atoms with Gasteiger partial charge in [0.15, 0.2) is 0 Å². The highest BCUT2D eigenvalue weighted by Gasteiger charge is 2.03. The molecule has 1 rings (SSSR count). The highest BCUT2D eigenvalue weighted by Crippen LogP contribution is 2.15. The molecule has 1 aromatic carbocycles. The number of hydrogen-bond acceptors (Lipinski definition) is 1. The van der Waals surface area contributed by atoms with Gasteiger partial charge in [-0.1, -0.05) is 25.5 Å². The fourth-order valence-corrected chi connectivity index (χ4v) is 2.25. The first-order valence-corrected chi connectivity index (χ1v) is 6.82. The summed E-state index contributed by atoms with van der Waals surface area (Å²) in [7, 11) is 0. The molecule has 0 fully saturated rings. The molecule has 0 aliphatic carbocycles. The minimum atomic E-state index is 0.776. The van der Waals surface area contributed by atoms with Gasteiger partial charge < -0.3 is 0 Å². The van der Waals surface area contributed by atoms with Crippen LogP contribution in [0.3, 0.4) is 0 Å². The summed E-state index contributed by atoms with van der Waals surface area (Å²) < 4.78 is 1.31. The van der Waals surface area contributed by atoms with Crippen LogP contribution in [0.5, 0.6) is 0 Å². The van der Waals surface area contributed by atoms with Crippen molar-refractivity contribution in [2.24, 2.45) is 5.92 Å². The monoisotopic (exact) mass is 320 g/mol. The molecule has 0 aliphatic rings. The molecule has 0 heterocycles. The van der Waals surface area contributed by atoms with Crippen molar-refractivity contribution >= 4 is 35.2 Å². The van der Waals surface area contributed by atoms with Gasteiger partial charge in [0.25, 0.3) is 0 Å². The molecule has 1 aromatic rings. The van der Waals surface area contributed by atoms with Crippen LogP contribution in [0.15, 0.2) is 24.3 Å². The summed E-state index contributed by atoms with van der Waals surface area (Å²) >= 11 is 6.70. The second-order valence-corrected chi connectivity index (χ2v) is 5.23. The van der Waals surface area contributed by atoms with Gasteiger partial charge in [-0.2, -0.15) is 12.6 Å². The van der Waals surface area contributed by atoms with E-state index in [0.29, 0.717) is 0 Å². The number of rotatable bonds is 5. The van der Waals surface area contributed by atoms with Crippen molar-refractivity contribution in [2.45, 2.75) is 26.2 Å². The van der Waals surface area contributed by atoms with Crippen molar-refractivity contribution in [1.82, 2.24) is 0 Å². The second-order valence-electron chi connectivity index (χ2n) is 3.62. The van der Waals surface area contributed by atoms with E-state index < -0.39 is 0 Å². The Balaban J connectivity index is 2.41. The topological polar surface area (TPSA) is 0 Å². The van der Waals surface area contributed by atoms with Gasteiger partial charge in [0, 0.05) is 3.57 Å². The number of hydrogen-bond donors (Lipinski definition) is 1. The lowest BCUT2D eigenvalue weighted by Gasteiger charge is -2.11. The number of thiol groups is 1. The first kappa shape index (κ1) is 12.4. The van der Waals surface area contributed by atoms with Crippen LogP contribution in [0.1, 0.15) is 25.3 Å². The van der Waals surface area contributed by atoms with Crippen LogP contribution in [0.4, 0.5) is 0 Å². The highest BCUT2D eigenvalue weighted by molar-refractivity contribution is 14.1. The Labute approximate surface area is 106 Å². The predicted molar refractivity (Wildman–Crippen MR) is 75.1 cm³/mol. The lowest BCUT2D eigenvalue weighted by molar-refractivity contribution is 0.526. The van der Waals surface area contributed by atoms with E-state index in [1.165, 1.54) is 28.4 Å². The molecule has 78 valence electrons. The van der Waals surface area contributed by atoms with Crippen molar-refractivity contribution in [3.05, 3.63) is 33.4 Å². The van der Waals surface area contributed by atoms with Gasteiger partial charge in [0.1, 0.15) is 0 Å². The van der Waals surface area contributed by atoms with E-state index >= 15 is 0 Å². The van der Waals surface area contributed by atoms with Gasteiger partial charge in [0.2, 0.25) is 0 Å². The minimum absolute atomic E-state index is 0.776. The predicted octanol–water partition coefficient (Wildman–Crippen LogP) is 4.18. The van der Waals surface area contributed by atoms with E-state index in [4.69, 9.17) is 0 Å². The van der Waals surface area contributed by atoms with Crippen LogP contribution in [0.25, 0.3) is 0 Å². The van der Waals surface area contributed by atoms with Gasteiger partial charge in [-0.05, 0) is 64.8 Å². The zero-order chi connectivity index (χ0) is 10.4. The molecule has 0 saturated carbocycles. The van der Waals surface area contributed by atoms with Crippen molar-refractivity contribution in [2.75, 3.05) is 5.75 Å². The molecule has 0 radical (unpaired) electrons. The summed E-state index contributed by atoms with van der Waals surface area (Å²) in [5.41, 5.74) is 1.45. The Morgan fingerprint density at radius 1 is 1.29 bits per heavy atom. The molecule has 0 aliphatic heterocycles. The summed E-state index contributed by atoms with van der Waals surface area (Å²) in [5.74, 6) is 1.79. The van der Waals surface area contributed by atoms with E-state index in [1.54, 1.807) is 0 Å². The largest absolute Gasteiger partial charge is 0.179 e. The molecule has 0 N–H and O–H groups in total. The van der Waals surface area contributed by atoms with Crippen LogP contribution in [-0.2, 0) is 6.42 Å². The number of aryl methyl sites for hydroxylation is 1. The standard InChI is InChI=1S/C12H17IS/c1-2-10(9-14)3-4-11-5-7-12(13)8-6-11/h5-8,10,14H,2-4,9H2,1H3. The van der Waals surface area contributed by atoms with Crippen molar-refractivity contribution in [3.63, 3.8) is 0 Å². The van der Waals surface area contributed by atoms with Gasteiger partial charge in [0.05, 0.1) is 0 Å². The van der Waals surface area contributed by atoms with Gasteiger partial charge in [-0.3, -0.25) is 0 Å². The maximum absolute atomic E-state index is 4.36. The van der Waals surface area contributed by atoms with Crippen molar-refractivity contribution < 1.29 is 0 Å². The fraction of sp³-hybridized carbons (Fsp3) is 0.500. The molecule has 14 heavy (non-hydrogen) atoms. The SMILES string of the molecule is CCC(CS)CCc1ccc(I)cc1. The zero-order valence-electron chi connectivity index (χ0n) is 8.54. The lowest BCUT2D eigenvalue weighted by atomic mass is 9.99. The van der Waals surface area contributed by atoms with Crippen LogP contribution in [0.2, 0.25) is 0 Å². The summed E-state index contributed by atoms with van der Waals surface area (Å²) in [5, 5.41) is 0. The third-order valence-corrected chi connectivity index (χ3v) is 3.83. The molecule has 0 bridgehead atoms. The third-order valence-electron chi connectivity index (χ3n) is 2.59. The van der Waals surface area contributed by atoms with E-state index in [-0.39, 0.29) is 0 Å². The van der Waals surface area contributed by atoms with Crippen molar-refractivity contribution in [3.8, 4) is 0 Å². The third kappa shape index (κ3) is 4.22. The average Bonchev–Trinajstić information content (AvgIpc) is 2.22. The average molecular weight is 320 g/mol. The van der Waals surface area contributed by atoms with E-state index in [0.717, 1.165) is 11.7 Å². The van der Waals surface area contributed by atoms with E-state index in [9.17, 15) is 0 Å². The minimum Gasteiger partial charge on any atom is -0.179 e. The van der Waals surface area contributed by atoms with E-state index in [1.807, 2.05) is 0 Å². The Morgan fingerprint density at radius 2 is 1.93 bits per heavy atom. The maximum atomic E-state index is 4.36. The normalized spacial score (nSPS) is 12.8. The van der Waals surface area contributed by atoms with Crippen LogP contribution < -0.4 is 0 Å². The number of halogens is 1. The molecule has 0 aromatic heterocycles.